The number of anilines is 2. The number of hydrazone groups is 2. The fraction of sp³-hybridized carbons (Fsp3) is 0.300. The van der Waals surface area contributed by atoms with Crippen LogP contribution in [0, 0.1) is 0 Å². The lowest BCUT2D eigenvalue weighted by Crippen LogP contribution is -2.15. The van der Waals surface area contributed by atoms with Gasteiger partial charge in [-0.2, -0.15) is 10.2 Å². The zero-order valence-corrected chi connectivity index (χ0v) is 15.4. The summed E-state index contributed by atoms with van der Waals surface area (Å²) >= 11 is 0. The third kappa shape index (κ3) is 4.46. The van der Waals surface area contributed by atoms with Gasteiger partial charge in [-0.05, 0) is 37.8 Å². The van der Waals surface area contributed by atoms with Crippen molar-refractivity contribution in [2.45, 2.75) is 37.9 Å². The highest BCUT2D eigenvalue weighted by atomic mass is 16.5. The summed E-state index contributed by atoms with van der Waals surface area (Å²) in [4.78, 5) is 0. The Morgan fingerprint density at radius 3 is 1.75 bits per heavy atom. The van der Waals surface area contributed by atoms with E-state index in [2.05, 4.69) is 31.3 Å². The van der Waals surface area contributed by atoms with E-state index in [1.807, 2.05) is 36.4 Å². The van der Waals surface area contributed by atoms with Crippen molar-refractivity contribution in [3.05, 3.63) is 48.9 Å². The molecule has 0 bridgehead atoms. The topological polar surface area (TPSA) is 93.0 Å². The van der Waals surface area contributed by atoms with Crippen LogP contribution in [0.1, 0.15) is 25.7 Å². The van der Waals surface area contributed by atoms with E-state index in [4.69, 9.17) is 9.47 Å². The lowest BCUT2D eigenvalue weighted by molar-refractivity contribution is 0.185. The second kappa shape index (κ2) is 8.98. The average Bonchev–Trinajstić information content (AvgIpc) is 2.76. The summed E-state index contributed by atoms with van der Waals surface area (Å²) < 4.78 is 10.9. The van der Waals surface area contributed by atoms with Gasteiger partial charge < -0.3 is 9.47 Å². The molecule has 28 heavy (non-hydrogen) atoms. The smallest absolute Gasteiger partial charge is 0.176 e. The van der Waals surface area contributed by atoms with Gasteiger partial charge in [0.2, 0.25) is 0 Å². The first-order valence-corrected chi connectivity index (χ1v) is 9.35. The summed E-state index contributed by atoms with van der Waals surface area (Å²) in [6, 6.07) is 7.82. The number of nitrogens with one attached hydrogen (secondary N) is 2. The third-order valence-electron chi connectivity index (χ3n) is 4.44. The molecule has 0 aliphatic carbocycles. The van der Waals surface area contributed by atoms with Crippen molar-refractivity contribution >= 4 is 34.8 Å². The van der Waals surface area contributed by atoms with E-state index in [0.29, 0.717) is 11.6 Å². The van der Waals surface area contributed by atoms with E-state index < -0.39 is 0 Å². The molecule has 0 unspecified atom stereocenters. The first-order chi connectivity index (χ1) is 13.9. The molecule has 1 aromatic carbocycles. The molecule has 0 saturated heterocycles. The monoisotopic (exact) mass is 378 g/mol. The van der Waals surface area contributed by atoms with Gasteiger partial charge in [0.15, 0.2) is 11.6 Å². The number of rotatable bonds is 6. The zero-order valence-electron chi connectivity index (χ0n) is 15.4. The number of benzene rings is 1. The van der Waals surface area contributed by atoms with Gasteiger partial charge in [-0.3, -0.25) is 10.9 Å². The standard InChI is InChI=1S/C20H22N6O2/c1-2-10-18-17(9-1)19(23-21-13-15-7-3-5-11-27-15)25-26-20(18)24-22-14-16-8-4-6-12-28-16/h1-2,5-6,9-16H,3-4,7-8H2,(H,23,25)(H,24,26)/b21-13+,22-14+/t15-,16-/m0/s1. The predicted octanol–water partition coefficient (Wildman–Crippen LogP) is 3.81. The summed E-state index contributed by atoms with van der Waals surface area (Å²) in [5, 5.41) is 18.8. The molecule has 0 fully saturated rings. The Morgan fingerprint density at radius 1 is 0.821 bits per heavy atom. The first-order valence-electron chi connectivity index (χ1n) is 9.35. The number of hydrogen-bond donors (Lipinski definition) is 2. The van der Waals surface area contributed by atoms with Gasteiger partial charge in [0.1, 0.15) is 12.2 Å². The van der Waals surface area contributed by atoms with E-state index in [9.17, 15) is 0 Å². The summed E-state index contributed by atoms with van der Waals surface area (Å²) in [5.74, 6) is 1.15. The highest BCUT2D eigenvalue weighted by Crippen LogP contribution is 2.26. The van der Waals surface area contributed by atoms with E-state index in [1.165, 1.54) is 0 Å². The van der Waals surface area contributed by atoms with Crippen molar-refractivity contribution in [1.82, 2.24) is 10.2 Å². The summed E-state index contributed by atoms with van der Waals surface area (Å²) in [5.41, 5.74) is 5.94. The fourth-order valence-electron chi connectivity index (χ4n) is 2.96. The Morgan fingerprint density at radius 2 is 1.32 bits per heavy atom. The Bertz CT molecular complexity index is 850. The number of ether oxygens (including phenoxy) is 2. The number of aromatic nitrogens is 2. The molecule has 3 heterocycles. The fourth-order valence-corrected chi connectivity index (χ4v) is 2.96. The van der Waals surface area contributed by atoms with Crippen molar-refractivity contribution in [2.24, 2.45) is 10.2 Å². The molecule has 0 radical (unpaired) electrons. The summed E-state index contributed by atoms with van der Waals surface area (Å²) in [6.45, 7) is 0. The van der Waals surface area contributed by atoms with Crippen LogP contribution >= 0.6 is 0 Å². The molecule has 1 aromatic heterocycles. The molecule has 8 nitrogen and oxygen atoms in total. The van der Waals surface area contributed by atoms with Crippen LogP contribution in [0.3, 0.4) is 0 Å². The Labute approximate surface area is 163 Å². The van der Waals surface area contributed by atoms with E-state index in [0.717, 1.165) is 36.5 Å². The Kier molecular flexibility index (Phi) is 5.77. The van der Waals surface area contributed by atoms with Crippen LogP contribution in [0.25, 0.3) is 10.8 Å². The van der Waals surface area contributed by atoms with Gasteiger partial charge in [-0.25, -0.2) is 0 Å². The molecule has 144 valence electrons. The minimum atomic E-state index is -0.0242. The van der Waals surface area contributed by atoms with Crippen LogP contribution in [-0.4, -0.2) is 34.8 Å². The van der Waals surface area contributed by atoms with Crippen molar-refractivity contribution < 1.29 is 9.47 Å². The van der Waals surface area contributed by atoms with Gasteiger partial charge in [-0.15, -0.1) is 10.2 Å². The molecule has 0 saturated carbocycles. The maximum atomic E-state index is 5.47. The highest BCUT2D eigenvalue weighted by molar-refractivity contribution is 5.98. The largest absolute Gasteiger partial charge is 0.493 e. The van der Waals surface area contributed by atoms with Crippen LogP contribution < -0.4 is 10.9 Å². The van der Waals surface area contributed by atoms with E-state index in [-0.39, 0.29) is 12.2 Å². The zero-order chi connectivity index (χ0) is 19.0. The van der Waals surface area contributed by atoms with Crippen LogP contribution in [0.4, 0.5) is 11.6 Å². The highest BCUT2D eigenvalue weighted by Gasteiger charge is 2.11. The maximum absolute atomic E-state index is 5.47. The molecule has 2 aromatic rings. The number of allylic oxidation sites excluding steroid dienone is 2. The SMILES string of the molecule is C1=CO[C@H](/C=N/Nc2nnc(N/N=C/[C@@H]3CCC=CO3)c3ccccc23)CC1. The van der Waals surface area contributed by atoms with Gasteiger partial charge in [0, 0.05) is 10.8 Å². The maximum Gasteiger partial charge on any atom is 0.176 e. The molecule has 4 rings (SSSR count). The number of nitrogens with zero attached hydrogens (tertiary/aromatic N) is 4. The van der Waals surface area contributed by atoms with Crippen molar-refractivity contribution in [3.8, 4) is 0 Å². The van der Waals surface area contributed by atoms with Gasteiger partial charge >= 0.3 is 0 Å². The molecule has 2 aliphatic rings. The molecular weight excluding hydrogens is 356 g/mol. The molecule has 0 amide bonds. The van der Waals surface area contributed by atoms with Crippen LogP contribution in [0.2, 0.25) is 0 Å². The summed E-state index contributed by atoms with van der Waals surface area (Å²) in [7, 11) is 0. The van der Waals surface area contributed by atoms with Crippen LogP contribution in [0.15, 0.2) is 59.1 Å². The van der Waals surface area contributed by atoms with Gasteiger partial charge in [0.25, 0.3) is 0 Å². The van der Waals surface area contributed by atoms with Crippen molar-refractivity contribution in [2.75, 3.05) is 10.9 Å². The van der Waals surface area contributed by atoms with Gasteiger partial charge in [-0.1, -0.05) is 24.3 Å². The minimum Gasteiger partial charge on any atom is -0.493 e. The normalized spacial score (nSPS) is 21.7. The molecule has 2 N–H and O–H groups in total. The van der Waals surface area contributed by atoms with Crippen molar-refractivity contribution in [3.63, 3.8) is 0 Å². The lowest BCUT2D eigenvalue weighted by Gasteiger charge is -2.15. The van der Waals surface area contributed by atoms with Gasteiger partial charge in [0.05, 0.1) is 25.0 Å². The van der Waals surface area contributed by atoms with Crippen molar-refractivity contribution in [1.29, 1.82) is 0 Å². The van der Waals surface area contributed by atoms with E-state index >= 15 is 0 Å². The molecule has 2 atom stereocenters. The van der Waals surface area contributed by atoms with E-state index in [1.54, 1.807) is 25.0 Å². The average molecular weight is 378 g/mol. The van der Waals surface area contributed by atoms with Crippen LogP contribution in [0.5, 0.6) is 0 Å². The second-order valence-corrected chi connectivity index (χ2v) is 6.47. The Hall–Kier alpha value is -3.42. The third-order valence-corrected chi connectivity index (χ3v) is 4.44. The Balaban J connectivity index is 1.46. The quantitative estimate of drug-likeness (QED) is 0.586. The molecule has 0 spiro atoms. The number of fused-ring (bicyclic) bond motifs is 1. The molecule has 8 heteroatoms. The summed E-state index contributed by atoms with van der Waals surface area (Å²) in [6.07, 6.45) is 14.7. The first kappa shape index (κ1) is 18.0. The lowest BCUT2D eigenvalue weighted by atomic mass is 10.2. The van der Waals surface area contributed by atoms with Crippen LogP contribution in [-0.2, 0) is 9.47 Å². The molecular formula is C20H22N6O2. The predicted molar refractivity (Wildman–Crippen MR) is 110 cm³/mol. The number of hydrogen-bond acceptors (Lipinski definition) is 8. The minimum absolute atomic E-state index is 0.0242. The second-order valence-electron chi connectivity index (χ2n) is 6.47. The molecule has 2 aliphatic heterocycles.